The third-order valence-electron chi connectivity index (χ3n) is 6.30. The summed E-state index contributed by atoms with van der Waals surface area (Å²) in [6.07, 6.45) is 2.88. The van der Waals surface area contributed by atoms with Gasteiger partial charge in [0.2, 0.25) is 0 Å². The molecule has 0 radical (unpaired) electrons. The highest BCUT2D eigenvalue weighted by Crippen LogP contribution is 2.38. The minimum atomic E-state index is -0.217. The first-order valence-corrected chi connectivity index (χ1v) is 11.6. The second-order valence-corrected chi connectivity index (χ2v) is 8.92. The molecule has 3 aromatic carbocycles. The number of amides is 2. The van der Waals surface area contributed by atoms with Crippen molar-refractivity contribution in [2.24, 2.45) is 0 Å². The van der Waals surface area contributed by atoms with Crippen LogP contribution in [0, 0.1) is 6.92 Å². The summed E-state index contributed by atoms with van der Waals surface area (Å²) in [5, 5.41) is 2.95. The van der Waals surface area contributed by atoms with E-state index in [2.05, 4.69) is 36.5 Å². The first-order chi connectivity index (χ1) is 16.1. The molecular weight excluding hydrogens is 412 g/mol. The van der Waals surface area contributed by atoms with E-state index < -0.39 is 0 Å². The molecular formula is C28H28N2O3. The maximum atomic E-state index is 13.5. The predicted octanol–water partition coefficient (Wildman–Crippen LogP) is 4.44. The van der Waals surface area contributed by atoms with Crippen LogP contribution >= 0.6 is 0 Å². The number of hydrogen-bond donors (Lipinski definition) is 1. The van der Waals surface area contributed by atoms with Gasteiger partial charge in [0.25, 0.3) is 11.8 Å². The fraction of sp³-hybridized carbons (Fsp3) is 0.286. The van der Waals surface area contributed by atoms with Gasteiger partial charge < -0.3 is 15.0 Å². The Morgan fingerprint density at radius 1 is 1.00 bits per heavy atom. The lowest BCUT2D eigenvalue weighted by Crippen LogP contribution is -2.40. The van der Waals surface area contributed by atoms with Crippen LogP contribution in [0.4, 0.5) is 0 Å². The summed E-state index contributed by atoms with van der Waals surface area (Å²) in [5.74, 6) is 0.570. The quantitative estimate of drug-likeness (QED) is 0.617. The van der Waals surface area contributed by atoms with Crippen LogP contribution in [0.15, 0.2) is 72.8 Å². The molecule has 0 spiro atoms. The van der Waals surface area contributed by atoms with Crippen molar-refractivity contribution in [3.05, 3.63) is 101 Å². The minimum Gasteiger partial charge on any atom is -0.484 e. The van der Waals surface area contributed by atoms with Crippen molar-refractivity contribution in [3.8, 4) is 5.75 Å². The van der Waals surface area contributed by atoms with Gasteiger partial charge in [0.1, 0.15) is 5.75 Å². The lowest BCUT2D eigenvalue weighted by Gasteiger charge is -2.38. The van der Waals surface area contributed by atoms with Gasteiger partial charge in [-0.05, 0) is 67.1 Å². The van der Waals surface area contributed by atoms with E-state index in [1.54, 1.807) is 0 Å². The summed E-state index contributed by atoms with van der Waals surface area (Å²) in [4.78, 5) is 27.6. The van der Waals surface area contributed by atoms with Crippen molar-refractivity contribution in [1.82, 2.24) is 10.2 Å². The molecule has 0 aromatic heterocycles. The minimum absolute atomic E-state index is 0.00292. The molecule has 5 rings (SSSR count). The highest BCUT2D eigenvalue weighted by Gasteiger charge is 2.33. The molecule has 1 aliphatic heterocycles. The van der Waals surface area contributed by atoms with Crippen molar-refractivity contribution in [1.29, 1.82) is 0 Å². The second kappa shape index (κ2) is 9.10. The fourth-order valence-corrected chi connectivity index (χ4v) is 4.49. The van der Waals surface area contributed by atoms with Crippen LogP contribution in [0.1, 0.15) is 51.5 Å². The molecule has 2 aliphatic rings. The Morgan fingerprint density at radius 2 is 1.82 bits per heavy atom. The number of carbonyl (C=O) groups is 2. The third-order valence-corrected chi connectivity index (χ3v) is 6.30. The number of benzene rings is 3. The van der Waals surface area contributed by atoms with E-state index in [1.807, 2.05) is 53.4 Å². The number of nitrogens with zero attached hydrogens (tertiary/aromatic N) is 1. The average molecular weight is 441 g/mol. The molecule has 1 heterocycles. The molecule has 168 valence electrons. The normalized spacial score (nSPS) is 17.2. The van der Waals surface area contributed by atoms with Crippen LogP contribution in [-0.2, 0) is 11.2 Å². The topological polar surface area (TPSA) is 58.6 Å². The van der Waals surface area contributed by atoms with E-state index in [1.165, 1.54) is 5.56 Å². The Labute approximate surface area is 194 Å². The number of ether oxygens (including phenoxy) is 1. The first-order valence-electron chi connectivity index (χ1n) is 11.6. The van der Waals surface area contributed by atoms with Crippen LogP contribution in [0.25, 0.3) is 0 Å². The number of nitrogens with one attached hydrogen (secondary N) is 1. The van der Waals surface area contributed by atoms with Crippen molar-refractivity contribution < 1.29 is 14.3 Å². The molecule has 3 aromatic rings. The molecule has 0 unspecified atom stereocenters. The van der Waals surface area contributed by atoms with Gasteiger partial charge in [-0.15, -0.1) is 0 Å². The fourth-order valence-electron chi connectivity index (χ4n) is 4.49. The molecule has 2 amide bonds. The molecule has 1 fully saturated rings. The molecule has 1 atom stereocenters. The van der Waals surface area contributed by atoms with Crippen LogP contribution in [-0.4, -0.2) is 35.9 Å². The number of rotatable bonds is 6. The highest BCUT2D eigenvalue weighted by atomic mass is 16.5. The van der Waals surface area contributed by atoms with E-state index in [0.29, 0.717) is 23.9 Å². The average Bonchev–Trinajstić information content (AvgIpc) is 3.66. The van der Waals surface area contributed by atoms with Gasteiger partial charge in [0.15, 0.2) is 6.61 Å². The summed E-state index contributed by atoms with van der Waals surface area (Å²) in [5.41, 5.74) is 5.16. The van der Waals surface area contributed by atoms with Crippen molar-refractivity contribution in [2.75, 3.05) is 13.2 Å². The molecule has 1 aliphatic carbocycles. The van der Waals surface area contributed by atoms with Gasteiger partial charge in [-0.2, -0.15) is 0 Å². The smallest absolute Gasteiger partial charge is 0.258 e. The van der Waals surface area contributed by atoms with Gasteiger partial charge in [0, 0.05) is 18.2 Å². The van der Waals surface area contributed by atoms with E-state index in [4.69, 9.17) is 4.74 Å². The van der Waals surface area contributed by atoms with Crippen molar-refractivity contribution in [2.45, 2.75) is 38.3 Å². The Morgan fingerprint density at radius 3 is 2.58 bits per heavy atom. The van der Waals surface area contributed by atoms with Gasteiger partial charge in [0.05, 0.1) is 6.04 Å². The summed E-state index contributed by atoms with van der Waals surface area (Å²) in [7, 11) is 0. The highest BCUT2D eigenvalue weighted by molar-refractivity contribution is 5.95. The van der Waals surface area contributed by atoms with Crippen molar-refractivity contribution >= 4 is 11.8 Å². The van der Waals surface area contributed by atoms with Crippen LogP contribution in [0.3, 0.4) is 0 Å². The summed E-state index contributed by atoms with van der Waals surface area (Å²) in [6.45, 7) is 2.70. The SMILES string of the molecule is Cc1cccc([C@@H]2c3cc(OCC(=O)NC4CC4)ccc3CCN2C(=O)c2ccccc2)c1. The second-order valence-electron chi connectivity index (χ2n) is 8.92. The summed E-state index contributed by atoms with van der Waals surface area (Å²) >= 11 is 0. The largest absolute Gasteiger partial charge is 0.484 e. The zero-order chi connectivity index (χ0) is 22.8. The first kappa shape index (κ1) is 21.3. The van der Waals surface area contributed by atoms with E-state index in [-0.39, 0.29) is 24.5 Å². The van der Waals surface area contributed by atoms with Crippen LogP contribution in [0.2, 0.25) is 0 Å². The Kier molecular flexibility index (Phi) is 5.86. The third kappa shape index (κ3) is 4.77. The maximum Gasteiger partial charge on any atom is 0.258 e. The molecule has 5 nitrogen and oxygen atoms in total. The Hall–Kier alpha value is -3.60. The van der Waals surface area contributed by atoms with Crippen LogP contribution in [0.5, 0.6) is 5.75 Å². The standard InChI is InChI=1S/C28H28N2O3/c1-19-6-5-9-22(16-19)27-25-17-24(33-18-26(31)29-23-11-12-23)13-10-20(25)14-15-30(27)28(32)21-7-3-2-4-8-21/h2-10,13,16-17,23,27H,11-12,14-15,18H2,1H3,(H,29,31)/t27-/m1/s1. The van der Waals surface area contributed by atoms with E-state index in [9.17, 15) is 9.59 Å². The van der Waals surface area contributed by atoms with Crippen LogP contribution < -0.4 is 10.1 Å². The van der Waals surface area contributed by atoms with E-state index >= 15 is 0 Å². The van der Waals surface area contributed by atoms with Gasteiger partial charge in [-0.3, -0.25) is 9.59 Å². The van der Waals surface area contributed by atoms with Gasteiger partial charge >= 0.3 is 0 Å². The molecule has 0 saturated heterocycles. The Bertz CT molecular complexity index is 1170. The monoisotopic (exact) mass is 440 g/mol. The molecule has 0 bridgehead atoms. The zero-order valence-electron chi connectivity index (χ0n) is 18.8. The lowest BCUT2D eigenvalue weighted by atomic mass is 9.87. The molecule has 33 heavy (non-hydrogen) atoms. The number of aryl methyl sites for hydroxylation is 1. The number of carbonyl (C=O) groups excluding carboxylic acids is 2. The molecule has 1 saturated carbocycles. The number of fused-ring (bicyclic) bond motifs is 1. The predicted molar refractivity (Wildman–Crippen MR) is 127 cm³/mol. The van der Waals surface area contributed by atoms with Gasteiger partial charge in [-0.25, -0.2) is 0 Å². The van der Waals surface area contributed by atoms with Gasteiger partial charge in [-0.1, -0.05) is 54.1 Å². The summed E-state index contributed by atoms with van der Waals surface area (Å²) in [6, 6.07) is 23.8. The molecule has 5 heteroatoms. The zero-order valence-corrected chi connectivity index (χ0v) is 18.8. The number of hydrogen-bond acceptors (Lipinski definition) is 3. The molecule has 1 N–H and O–H groups in total. The maximum absolute atomic E-state index is 13.5. The summed E-state index contributed by atoms with van der Waals surface area (Å²) < 4.78 is 5.84. The Balaban J connectivity index is 1.47. The lowest BCUT2D eigenvalue weighted by molar-refractivity contribution is -0.123. The van der Waals surface area contributed by atoms with E-state index in [0.717, 1.165) is 36.0 Å². The van der Waals surface area contributed by atoms with Crippen molar-refractivity contribution in [3.63, 3.8) is 0 Å².